The van der Waals surface area contributed by atoms with Gasteiger partial charge in [0.1, 0.15) is 5.60 Å². The van der Waals surface area contributed by atoms with Crippen molar-refractivity contribution in [3.05, 3.63) is 18.0 Å². The molecule has 0 saturated carbocycles. The molecule has 2 N–H and O–H groups in total. The van der Waals surface area contributed by atoms with E-state index < -0.39 is 17.8 Å². The van der Waals surface area contributed by atoms with Crippen molar-refractivity contribution < 1.29 is 14.6 Å². The van der Waals surface area contributed by atoms with Crippen LogP contribution in [0.15, 0.2) is 12.3 Å². The van der Waals surface area contributed by atoms with E-state index in [1.807, 2.05) is 20.8 Å². The van der Waals surface area contributed by atoms with Crippen LogP contribution in [0, 0.1) is 0 Å². The van der Waals surface area contributed by atoms with Crippen molar-refractivity contribution in [3.63, 3.8) is 0 Å². The molecule has 0 radical (unpaired) electrons. The van der Waals surface area contributed by atoms with E-state index in [1.165, 1.54) is 4.90 Å². The summed E-state index contributed by atoms with van der Waals surface area (Å²) >= 11 is 0. The van der Waals surface area contributed by atoms with Crippen LogP contribution in [0.2, 0.25) is 0 Å². The number of hydrogen-bond acceptors (Lipinski definition) is 4. The first-order valence-corrected chi connectivity index (χ1v) is 5.92. The molecular formula is C12H21N3O3. The lowest BCUT2D eigenvalue weighted by Gasteiger charge is -2.27. The molecule has 0 aliphatic carbocycles. The van der Waals surface area contributed by atoms with Crippen molar-refractivity contribution in [2.24, 2.45) is 0 Å². The molecule has 0 bridgehead atoms. The van der Waals surface area contributed by atoms with E-state index in [0.29, 0.717) is 6.54 Å². The molecule has 1 unspecified atom stereocenters. The van der Waals surface area contributed by atoms with Crippen LogP contribution in [0.5, 0.6) is 0 Å². The molecule has 0 saturated heterocycles. The van der Waals surface area contributed by atoms with Gasteiger partial charge in [-0.3, -0.25) is 10.00 Å². The predicted octanol–water partition coefficient (Wildman–Crippen LogP) is 1.53. The van der Waals surface area contributed by atoms with Gasteiger partial charge in [0.15, 0.2) is 0 Å². The molecule has 0 aliphatic heterocycles. The summed E-state index contributed by atoms with van der Waals surface area (Å²) in [5, 5.41) is 16.0. The van der Waals surface area contributed by atoms with E-state index in [4.69, 9.17) is 4.74 Å². The Bertz CT molecular complexity index is 368. The van der Waals surface area contributed by atoms with Gasteiger partial charge in [-0.05, 0) is 33.8 Å². The maximum absolute atomic E-state index is 12.0. The fraction of sp³-hybridized carbons (Fsp3) is 0.667. The SMILES string of the molecule is CC(O)CN(Cc1ccn[nH]1)C(=O)OC(C)(C)C. The summed E-state index contributed by atoms with van der Waals surface area (Å²) in [4.78, 5) is 13.4. The third kappa shape index (κ3) is 5.18. The molecule has 1 heterocycles. The number of carbonyl (C=O) groups excluding carboxylic acids is 1. The summed E-state index contributed by atoms with van der Waals surface area (Å²) in [6, 6.07) is 1.78. The van der Waals surface area contributed by atoms with Gasteiger partial charge in [0.2, 0.25) is 0 Å². The Balaban J connectivity index is 2.68. The Morgan fingerprint density at radius 1 is 1.61 bits per heavy atom. The molecule has 6 nitrogen and oxygen atoms in total. The Hall–Kier alpha value is -1.56. The molecule has 0 fully saturated rings. The number of aromatic amines is 1. The third-order valence-electron chi connectivity index (χ3n) is 2.06. The quantitative estimate of drug-likeness (QED) is 0.855. The Morgan fingerprint density at radius 3 is 2.72 bits per heavy atom. The van der Waals surface area contributed by atoms with Gasteiger partial charge < -0.3 is 9.84 Å². The molecule has 1 aromatic rings. The van der Waals surface area contributed by atoms with Gasteiger partial charge in [-0.25, -0.2) is 4.79 Å². The number of nitrogens with zero attached hydrogens (tertiary/aromatic N) is 2. The van der Waals surface area contributed by atoms with Gasteiger partial charge >= 0.3 is 6.09 Å². The molecular weight excluding hydrogens is 234 g/mol. The second-order valence-corrected chi connectivity index (χ2v) is 5.29. The summed E-state index contributed by atoms with van der Waals surface area (Å²) in [6.45, 7) is 7.60. The Morgan fingerprint density at radius 2 is 2.28 bits per heavy atom. The minimum Gasteiger partial charge on any atom is -0.444 e. The second kappa shape index (κ2) is 5.86. The van der Waals surface area contributed by atoms with Gasteiger partial charge in [0.25, 0.3) is 0 Å². The summed E-state index contributed by atoms with van der Waals surface area (Å²) in [6.07, 6.45) is 0.559. The van der Waals surface area contributed by atoms with Gasteiger partial charge in [-0.1, -0.05) is 0 Å². The van der Waals surface area contributed by atoms with Crippen molar-refractivity contribution in [3.8, 4) is 0 Å². The highest BCUT2D eigenvalue weighted by Gasteiger charge is 2.23. The Kier molecular flexibility index (Phi) is 4.72. The highest BCUT2D eigenvalue weighted by Crippen LogP contribution is 2.12. The number of aliphatic hydroxyl groups is 1. The van der Waals surface area contributed by atoms with Crippen molar-refractivity contribution in [1.29, 1.82) is 0 Å². The summed E-state index contributed by atoms with van der Waals surface area (Å²) in [5.74, 6) is 0. The fourth-order valence-corrected chi connectivity index (χ4v) is 1.43. The number of hydrogen-bond donors (Lipinski definition) is 2. The number of rotatable bonds is 4. The first-order chi connectivity index (χ1) is 8.28. The fourth-order valence-electron chi connectivity index (χ4n) is 1.43. The standard InChI is InChI=1S/C12H21N3O3/c1-9(16)7-15(8-10-5-6-13-14-10)11(17)18-12(2,3)4/h5-6,9,16H,7-8H2,1-4H3,(H,13,14). The highest BCUT2D eigenvalue weighted by atomic mass is 16.6. The van der Waals surface area contributed by atoms with Crippen LogP contribution in [-0.2, 0) is 11.3 Å². The van der Waals surface area contributed by atoms with Crippen LogP contribution in [0.4, 0.5) is 4.79 Å². The van der Waals surface area contributed by atoms with Crippen molar-refractivity contribution in [1.82, 2.24) is 15.1 Å². The van der Waals surface area contributed by atoms with Gasteiger partial charge in [-0.2, -0.15) is 5.10 Å². The molecule has 0 aromatic carbocycles. The lowest BCUT2D eigenvalue weighted by atomic mass is 10.2. The maximum atomic E-state index is 12.0. The van der Waals surface area contributed by atoms with E-state index in [1.54, 1.807) is 19.2 Å². The summed E-state index contributed by atoms with van der Waals surface area (Å²) in [5.41, 5.74) is 0.240. The van der Waals surface area contributed by atoms with E-state index in [2.05, 4.69) is 10.2 Å². The van der Waals surface area contributed by atoms with E-state index >= 15 is 0 Å². The average Bonchev–Trinajstić information content (AvgIpc) is 2.65. The summed E-state index contributed by atoms with van der Waals surface area (Å²) < 4.78 is 5.29. The number of H-pyrrole nitrogens is 1. The third-order valence-corrected chi connectivity index (χ3v) is 2.06. The average molecular weight is 255 g/mol. The monoisotopic (exact) mass is 255 g/mol. The first-order valence-electron chi connectivity index (χ1n) is 5.92. The number of aliphatic hydroxyl groups excluding tert-OH is 1. The number of aromatic nitrogens is 2. The van der Waals surface area contributed by atoms with E-state index in [9.17, 15) is 9.90 Å². The smallest absolute Gasteiger partial charge is 0.410 e. The minimum atomic E-state index is -0.611. The molecule has 1 aromatic heterocycles. The molecule has 102 valence electrons. The van der Waals surface area contributed by atoms with Crippen molar-refractivity contribution >= 4 is 6.09 Å². The van der Waals surface area contributed by atoms with Crippen LogP contribution in [0.25, 0.3) is 0 Å². The van der Waals surface area contributed by atoms with Crippen molar-refractivity contribution in [2.75, 3.05) is 6.54 Å². The van der Waals surface area contributed by atoms with Crippen LogP contribution in [0.3, 0.4) is 0 Å². The second-order valence-electron chi connectivity index (χ2n) is 5.29. The van der Waals surface area contributed by atoms with Crippen molar-refractivity contribution in [2.45, 2.75) is 45.9 Å². The molecule has 1 amide bonds. The zero-order valence-electron chi connectivity index (χ0n) is 11.3. The van der Waals surface area contributed by atoms with Crippen LogP contribution in [-0.4, -0.2) is 44.5 Å². The number of nitrogens with one attached hydrogen (secondary N) is 1. The van der Waals surface area contributed by atoms with Gasteiger partial charge in [0.05, 0.1) is 24.9 Å². The number of carbonyl (C=O) groups is 1. The zero-order chi connectivity index (χ0) is 13.8. The normalized spacial score (nSPS) is 13.2. The van der Waals surface area contributed by atoms with Crippen LogP contribution >= 0.6 is 0 Å². The topological polar surface area (TPSA) is 78.5 Å². The number of ether oxygens (including phenoxy) is 1. The van der Waals surface area contributed by atoms with Crippen LogP contribution in [0.1, 0.15) is 33.4 Å². The maximum Gasteiger partial charge on any atom is 0.410 e. The molecule has 18 heavy (non-hydrogen) atoms. The predicted molar refractivity (Wildman–Crippen MR) is 66.9 cm³/mol. The van der Waals surface area contributed by atoms with E-state index in [0.717, 1.165) is 5.69 Å². The zero-order valence-corrected chi connectivity index (χ0v) is 11.3. The molecule has 6 heteroatoms. The molecule has 1 rings (SSSR count). The summed E-state index contributed by atoms with van der Waals surface area (Å²) in [7, 11) is 0. The minimum absolute atomic E-state index is 0.216. The first kappa shape index (κ1) is 14.5. The number of amides is 1. The van der Waals surface area contributed by atoms with Gasteiger partial charge in [-0.15, -0.1) is 0 Å². The van der Waals surface area contributed by atoms with E-state index in [-0.39, 0.29) is 6.54 Å². The molecule has 1 atom stereocenters. The van der Waals surface area contributed by atoms with Gasteiger partial charge in [0, 0.05) is 6.20 Å². The molecule has 0 aliphatic rings. The largest absolute Gasteiger partial charge is 0.444 e. The molecule has 0 spiro atoms. The lowest BCUT2D eigenvalue weighted by Crippen LogP contribution is -2.40. The highest BCUT2D eigenvalue weighted by molar-refractivity contribution is 5.68. The Labute approximate surface area is 107 Å². The van der Waals surface area contributed by atoms with Crippen LogP contribution < -0.4 is 0 Å². The lowest BCUT2D eigenvalue weighted by molar-refractivity contribution is 0.0140.